The highest BCUT2D eigenvalue weighted by Gasteiger charge is 2.17. The molecule has 3 nitrogen and oxygen atoms in total. The van der Waals surface area contributed by atoms with Crippen LogP contribution in [0.25, 0.3) is 0 Å². The summed E-state index contributed by atoms with van der Waals surface area (Å²) in [4.78, 5) is 12.2. The molecule has 103 valence electrons. The Morgan fingerprint density at radius 1 is 1.50 bits per heavy atom. The number of aromatic nitrogens is 1. The summed E-state index contributed by atoms with van der Waals surface area (Å²) in [6.45, 7) is 2.45. The number of nitrogens with one attached hydrogen (secondary N) is 1. The van der Waals surface area contributed by atoms with E-state index < -0.39 is 0 Å². The molecule has 0 bridgehead atoms. The molecule has 1 aliphatic rings. The predicted molar refractivity (Wildman–Crippen MR) is 87.4 cm³/mol. The van der Waals surface area contributed by atoms with Crippen LogP contribution in [0.4, 0.5) is 15.8 Å². The van der Waals surface area contributed by atoms with Gasteiger partial charge in [0.15, 0.2) is 0 Å². The number of nitrogens with zero attached hydrogens (tertiary/aromatic N) is 1. The lowest BCUT2D eigenvalue weighted by molar-refractivity contribution is 0.630. The number of halogens is 2. The molecule has 2 aromatic rings. The van der Waals surface area contributed by atoms with Crippen molar-refractivity contribution in [3.63, 3.8) is 0 Å². The van der Waals surface area contributed by atoms with Gasteiger partial charge in [0.1, 0.15) is 5.82 Å². The van der Waals surface area contributed by atoms with Gasteiger partial charge in [0.05, 0.1) is 16.4 Å². The van der Waals surface area contributed by atoms with E-state index in [0.29, 0.717) is 23.5 Å². The molecule has 3 rings (SSSR count). The van der Waals surface area contributed by atoms with Crippen molar-refractivity contribution in [3.8, 4) is 0 Å². The molecule has 0 spiro atoms. The van der Waals surface area contributed by atoms with Crippen molar-refractivity contribution in [2.24, 2.45) is 0 Å². The Balaban J connectivity index is 2.03. The molecule has 1 N–H and O–H groups in total. The molecular weight excluding hydrogens is 390 g/mol. The lowest BCUT2D eigenvalue weighted by Gasteiger charge is -2.12. The molecular formula is C14H11FIN2OS. The standard InChI is InChI=1S/C14H11FIN2OS/c1-8-12(7-13-18(14(8)19)4-5-20-13)17-11-3-2-9(16)6-10(11)15/h2-3,6,17H,4-5H2,1H3. The third kappa shape index (κ3) is 2.46. The van der Waals surface area contributed by atoms with E-state index in [1.807, 2.05) is 6.07 Å². The van der Waals surface area contributed by atoms with Crippen LogP contribution in [0.2, 0.25) is 0 Å². The van der Waals surface area contributed by atoms with Crippen LogP contribution in [0.3, 0.4) is 0 Å². The van der Waals surface area contributed by atoms with E-state index in [1.165, 1.54) is 6.07 Å². The van der Waals surface area contributed by atoms with E-state index in [1.54, 1.807) is 29.3 Å². The van der Waals surface area contributed by atoms with Gasteiger partial charge in [-0.1, -0.05) is 0 Å². The molecule has 1 aromatic carbocycles. The highest BCUT2D eigenvalue weighted by molar-refractivity contribution is 14.1. The van der Waals surface area contributed by atoms with Crippen LogP contribution in [-0.2, 0) is 6.54 Å². The summed E-state index contributed by atoms with van der Waals surface area (Å²) in [5.74, 6) is 0.546. The average molecular weight is 401 g/mol. The van der Waals surface area contributed by atoms with E-state index in [4.69, 9.17) is 0 Å². The predicted octanol–water partition coefficient (Wildman–Crippen LogP) is 3.55. The molecule has 0 saturated heterocycles. The van der Waals surface area contributed by atoms with Crippen molar-refractivity contribution >= 4 is 45.7 Å². The number of benzene rings is 1. The Labute approximate surface area is 133 Å². The number of thioether (sulfide) groups is 1. The number of rotatable bonds is 2. The molecule has 2 heterocycles. The molecule has 0 fully saturated rings. The lowest BCUT2D eigenvalue weighted by atomic mass is 10.2. The summed E-state index contributed by atoms with van der Waals surface area (Å²) in [6.07, 6.45) is 0. The second-order valence-electron chi connectivity index (χ2n) is 4.48. The maximum atomic E-state index is 13.9. The van der Waals surface area contributed by atoms with E-state index in [-0.39, 0.29) is 11.4 Å². The molecule has 6 heteroatoms. The molecule has 20 heavy (non-hydrogen) atoms. The Morgan fingerprint density at radius 2 is 2.30 bits per heavy atom. The van der Waals surface area contributed by atoms with Gasteiger partial charge < -0.3 is 9.88 Å². The molecule has 1 radical (unpaired) electrons. The van der Waals surface area contributed by atoms with Gasteiger partial charge in [0.2, 0.25) is 0 Å². The number of hydrogen-bond acceptors (Lipinski definition) is 3. The van der Waals surface area contributed by atoms with Crippen molar-refractivity contribution in [2.75, 3.05) is 11.1 Å². The van der Waals surface area contributed by atoms with Gasteiger partial charge in [-0.15, -0.1) is 11.8 Å². The summed E-state index contributed by atoms with van der Waals surface area (Å²) in [6, 6.07) is 8.11. The van der Waals surface area contributed by atoms with Crippen LogP contribution >= 0.6 is 34.4 Å². The van der Waals surface area contributed by atoms with Crippen LogP contribution in [0.15, 0.2) is 28.0 Å². The number of fused-ring (bicyclic) bond motifs is 1. The molecule has 0 saturated carbocycles. The minimum Gasteiger partial charge on any atom is -0.352 e. The molecule has 1 aromatic heterocycles. The smallest absolute Gasteiger partial charge is 0.256 e. The second-order valence-corrected chi connectivity index (χ2v) is 6.81. The van der Waals surface area contributed by atoms with E-state index in [2.05, 4.69) is 34.0 Å². The largest absolute Gasteiger partial charge is 0.352 e. The van der Waals surface area contributed by atoms with Gasteiger partial charge in [-0.3, -0.25) is 4.79 Å². The van der Waals surface area contributed by atoms with Crippen LogP contribution in [0.1, 0.15) is 5.56 Å². The Kier molecular flexibility index (Phi) is 3.76. The van der Waals surface area contributed by atoms with Crippen molar-refractivity contribution in [1.82, 2.24) is 4.57 Å². The van der Waals surface area contributed by atoms with Crippen LogP contribution in [0, 0.1) is 22.4 Å². The molecule has 0 atom stereocenters. The monoisotopic (exact) mass is 401 g/mol. The average Bonchev–Trinajstić information content (AvgIpc) is 2.87. The first-order chi connectivity index (χ1) is 9.56. The van der Waals surface area contributed by atoms with Crippen molar-refractivity contribution < 1.29 is 4.39 Å². The van der Waals surface area contributed by atoms with Gasteiger partial charge in [0.25, 0.3) is 5.56 Å². The quantitative estimate of drug-likeness (QED) is 0.782. The Morgan fingerprint density at radius 3 is 3.05 bits per heavy atom. The van der Waals surface area contributed by atoms with Crippen molar-refractivity contribution in [3.05, 3.63) is 49.6 Å². The van der Waals surface area contributed by atoms with Crippen molar-refractivity contribution in [2.45, 2.75) is 18.5 Å². The highest BCUT2D eigenvalue weighted by atomic mass is 127. The number of pyridine rings is 1. The summed E-state index contributed by atoms with van der Waals surface area (Å²) in [7, 11) is 0. The Bertz CT molecular complexity index is 745. The first kappa shape index (κ1) is 13.9. The third-order valence-corrected chi connectivity index (χ3v) is 4.82. The lowest BCUT2D eigenvalue weighted by Crippen LogP contribution is -2.22. The SMILES string of the molecule is Cc1c(Nc2ccc(I)cc2F)[c]c2n(c1=O)CCS2. The number of hydrogen-bond donors (Lipinski definition) is 1. The van der Waals surface area contributed by atoms with Gasteiger partial charge in [-0.2, -0.15) is 0 Å². The fourth-order valence-corrected chi connectivity index (χ4v) is 3.50. The minimum absolute atomic E-state index is 0.0304. The van der Waals surface area contributed by atoms with E-state index in [9.17, 15) is 9.18 Å². The topological polar surface area (TPSA) is 34.0 Å². The second kappa shape index (κ2) is 5.40. The first-order valence-electron chi connectivity index (χ1n) is 6.08. The fraction of sp³-hybridized carbons (Fsp3) is 0.214. The van der Waals surface area contributed by atoms with Gasteiger partial charge >= 0.3 is 0 Å². The van der Waals surface area contributed by atoms with Crippen LogP contribution in [0.5, 0.6) is 0 Å². The maximum absolute atomic E-state index is 13.9. The van der Waals surface area contributed by atoms with Crippen LogP contribution < -0.4 is 10.9 Å². The normalized spacial score (nSPS) is 13.3. The maximum Gasteiger partial charge on any atom is 0.256 e. The van der Waals surface area contributed by atoms with Crippen LogP contribution in [-0.4, -0.2) is 10.3 Å². The molecule has 0 amide bonds. The van der Waals surface area contributed by atoms with Gasteiger partial charge in [-0.05, 0) is 47.7 Å². The first-order valence-corrected chi connectivity index (χ1v) is 8.14. The molecule has 0 unspecified atom stereocenters. The van der Waals surface area contributed by atoms with E-state index >= 15 is 0 Å². The summed E-state index contributed by atoms with van der Waals surface area (Å²) in [5, 5.41) is 3.79. The van der Waals surface area contributed by atoms with Crippen molar-refractivity contribution in [1.29, 1.82) is 0 Å². The number of anilines is 2. The zero-order chi connectivity index (χ0) is 14.3. The summed E-state index contributed by atoms with van der Waals surface area (Å²) >= 11 is 3.65. The minimum atomic E-state index is -0.335. The van der Waals surface area contributed by atoms with Gasteiger partial charge in [-0.25, -0.2) is 4.39 Å². The highest BCUT2D eigenvalue weighted by Crippen LogP contribution is 2.29. The van der Waals surface area contributed by atoms with Gasteiger partial charge in [0, 0.05) is 27.5 Å². The zero-order valence-electron chi connectivity index (χ0n) is 10.7. The molecule has 0 aliphatic carbocycles. The Hall–Kier alpha value is -1.02. The zero-order valence-corrected chi connectivity index (χ0v) is 13.6. The summed E-state index contributed by atoms with van der Waals surface area (Å²) in [5.41, 5.74) is 1.44. The molecule has 1 aliphatic heterocycles. The summed E-state index contributed by atoms with van der Waals surface area (Å²) < 4.78 is 16.4. The third-order valence-electron chi connectivity index (χ3n) is 3.16. The fourth-order valence-electron chi connectivity index (χ4n) is 2.07. The van der Waals surface area contributed by atoms with E-state index in [0.717, 1.165) is 14.3 Å².